The Morgan fingerprint density at radius 2 is 2.19 bits per heavy atom. The summed E-state index contributed by atoms with van der Waals surface area (Å²) in [7, 11) is 0. The summed E-state index contributed by atoms with van der Waals surface area (Å²) in [5.41, 5.74) is 6.20. The van der Waals surface area contributed by atoms with Crippen LogP contribution >= 0.6 is 0 Å². The number of rotatable bonds is 2. The van der Waals surface area contributed by atoms with Gasteiger partial charge in [0.15, 0.2) is 0 Å². The molecule has 1 aliphatic heterocycles. The van der Waals surface area contributed by atoms with Gasteiger partial charge in [0.1, 0.15) is 5.82 Å². The predicted molar refractivity (Wildman–Crippen MR) is 55.2 cm³/mol. The lowest BCUT2D eigenvalue weighted by atomic mass is 10.1. The van der Waals surface area contributed by atoms with Crippen molar-refractivity contribution in [2.45, 2.75) is 6.54 Å². The maximum absolute atomic E-state index is 13.0. The first kappa shape index (κ1) is 10.6. The molecule has 3 N–H and O–H groups in total. The molecule has 0 bridgehead atoms. The third kappa shape index (κ3) is 1.63. The van der Waals surface area contributed by atoms with E-state index in [0.29, 0.717) is 11.3 Å². The number of hydrogen-bond acceptors (Lipinski definition) is 3. The number of carbonyl (C=O) groups excluding carboxylic acids is 2. The SMILES string of the molecule is NCc1cc(F)ccc1N1C(=O)CNC1=O. The molecule has 0 saturated carbocycles. The maximum atomic E-state index is 13.0. The summed E-state index contributed by atoms with van der Waals surface area (Å²) in [6.45, 7) is 0.0182. The highest BCUT2D eigenvalue weighted by Gasteiger charge is 2.31. The van der Waals surface area contributed by atoms with Gasteiger partial charge in [-0.2, -0.15) is 0 Å². The van der Waals surface area contributed by atoms with Crippen molar-refractivity contribution in [3.8, 4) is 0 Å². The molecule has 1 aliphatic rings. The Morgan fingerprint density at radius 1 is 1.44 bits per heavy atom. The molecular weight excluding hydrogens is 213 g/mol. The van der Waals surface area contributed by atoms with Crippen LogP contribution in [0.4, 0.5) is 14.9 Å². The van der Waals surface area contributed by atoms with Crippen LogP contribution in [0.25, 0.3) is 0 Å². The Kier molecular flexibility index (Phi) is 2.57. The maximum Gasteiger partial charge on any atom is 0.329 e. The van der Waals surface area contributed by atoms with E-state index < -0.39 is 11.8 Å². The quantitative estimate of drug-likeness (QED) is 0.710. The van der Waals surface area contributed by atoms with E-state index in [9.17, 15) is 14.0 Å². The van der Waals surface area contributed by atoms with Crippen molar-refractivity contribution >= 4 is 17.6 Å². The molecule has 2 rings (SSSR count). The molecule has 0 atom stereocenters. The summed E-state index contributed by atoms with van der Waals surface area (Å²) in [5, 5.41) is 2.39. The van der Waals surface area contributed by atoms with Crippen LogP contribution in [0.5, 0.6) is 0 Å². The van der Waals surface area contributed by atoms with Crippen molar-refractivity contribution in [1.29, 1.82) is 0 Å². The van der Waals surface area contributed by atoms with E-state index >= 15 is 0 Å². The number of amides is 3. The standard InChI is InChI=1S/C10H10FN3O2/c11-7-1-2-8(6(3-7)4-12)14-9(15)5-13-10(14)16/h1-3H,4-5,12H2,(H,13,16). The fourth-order valence-electron chi connectivity index (χ4n) is 1.60. The Hall–Kier alpha value is -1.95. The molecule has 1 aromatic rings. The van der Waals surface area contributed by atoms with Gasteiger partial charge in [-0.15, -0.1) is 0 Å². The molecule has 0 radical (unpaired) electrons. The molecule has 1 heterocycles. The van der Waals surface area contributed by atoms with E-state index in [1.807, 2.05) is 0 Å². The lowest BCUT2D eigenvalue weighted by molar-refractivity contribution is -0.115. The molecule has 0 aromatic heterocycles. The summed E-state index contributed by atoms with van der Waals surface area (Å²) in [4.78, 5) is 23.8. The molecule has 1 fully saturated rings. The number of nitrogens with two attached hydrogens (primary N) is 1. The molecule has 1 aromatic carbocycles. The second-order valence-electron chi connectivity index (χ2n) is 3.37. The van der Waals surface area contributed by atoms with Crippen LogP contribution in [-0.2, 0) is 11.3 Å². The predicted octanol–water partition coefficient (Wildman–Crippen LogP) is 0.341. The molecule has 84 valence electrons. The first-order chi connectivity index (χ1) is 7.63. The highest BCUT2D eigenvalue weighted by molar-refractivity contribution is 6.20. The van der Waals surface area contributed by atoms with E-state index in [4.69, 9.17) is 5.73 Å². The van der Waals surface area contributed by atoms with Gasteiger partial charge in [-0.05, 0) is 23.8 Å². The van der Waals surface area contributed by atoms with Gasteiger partial charge in [-0.25, -0.2) is 14.1 Å². The Bertz CT molecular complexity index is 445. The van der Waals surface area contributed by atoms with Crippen molar-refractivity contribution in [3.63, 3.8) is 0 Å². The number of nitrogens with zero attached hydrogens (tertiary/aromatic N) is 1. The van der Waals surface area contributed by atoms with Gasteiger partial charge in [0, 0.05) is 6.54 Å². The number of anilines is 1. The van der Waals surface area contributed by atoms with E-state index in [-0.39, 0.29) is 19.0 Å². The largest absolute Gasteiger partial charge is 0.329 e. The zero-order valence-corrected chi connectivity index (χ0v) is 8.37. The Morgan fingerprint density at radius 3 is 2.75 bits per heavy atom. The van der Waals surface area contributed by atoms with E-state index in [2.05, 4.69) is 5.32 Å². The number of carbonyl (C=O) groups is 2. The monoisotopic (exact) mass is 223 g/mol. The molecule has 1 saturated heterocycles. The van der Waals surface area contributed by atoms with Gasteiger partial charge in [0.2, 0.25) is 0 Å². The van der Waals surface area contributed by atoms with Crippen molar-refractivity contribution in [2.24, 2.45) is 5.73 Å². The molecule has 0 aliphatic carbocycles. The molecule has 6 heteroatoms. The Balaban J connectivity index is 2.47. The van der Waals surface area contributed by atoms with Crippen LogP contribution in [0.2, 0.25) is 0 Å². The van der Waals surface area contributed by atoms with E-state index in [1.54, 1.807) is 0 Å². The minimum absolute atomic E-state index is 0.0414. The van der Waals surface area contributed by atoms with Crippen molar-refractivity contribution in [1.82, 2.24) is 5.32 Å². The fourth-order valence-corrected chi connectivity index (χ4v) is 1.60. The normalized spacial score (nSPS) is 15.5. The molecule has 5 nitrogen and oxygen atoms in total. The summed E-state index contributed by atoms with van der Waals surface area (Å²) in [6, 6.07) is 3.27. The number of nitrogens with one attached hydrogen (secondary N) is 1. The fraction of sp³-hybridized carbons (Fsp3) is 0.200. The van der Waals surface area contributed by atoms with E-state index in [1.165, 1.54) is 18.2 Å². The lowest BCUT2D eigenvalue weighted by Gasteiger charge is -2.16. The van der Waals surface area contributed by atoms with Crippen LogP contribution in [0, 0.1) is 5.82 Å². The Labute approximate surface area is 91.0 Å². The van der Waals surface area contributed by atoms with Crippen LogP contribution < -0.4 is 16.0 Å². The number of hydrogen-bond donors (Lipinski definition) is 2. The molecular formula is C10H10FN3O2. The topological polar surface area (TPSA) is 75.4 Å². The van der Waals surface area contributed by atoms with Crippen LogP contribution in [0.1, 0.15) is 5.56 Å². The highest BCUT2D eigenvalue weighted by atomic mass is 19.1. The van der Waals surface area contributed by atoms with Gasteiger partial charge < -0.3 is 11.1 Å². The number of halogens is 1. The molecule has 3 amide bonds. The van der Waals surface area contributed by atoms with Crippen molar-refractivity contribution in [3.05, 3.63) is 29.6 Å². The van der Waals surface area contributed by atoms with Crippen LogP contribution in [0.3, 0.4) is 0 Å². The third-order valence-corrected chi connectivity index (χ3v) is 2.35. The summed E-state index contributed by atoms with van der Waals surface area (Å²) in [5.74, 6) is -0.817. The van der Waals surface area contributed by atoms with Crippen LogP contribution in [-0.4, -0.2) is 18.5 Å². The highest BCUT2D eigenvalue weighted by Crippen LogP contribution is 2.23. The first-order valence-corrected chi connectivity index (χ1v) is 4.72. The minimum Gasteiger partial charge on any atom is -0.328 e. The number of benzene rings is 1. The van der Waals surface area contributed by atoms with Gasteiger partial charge in [-0.1, -0.05) is 0 Å². The zero-order valence-electron chi connectivity index (χ0n) is 8.37. The minimum atomic E-state index is -0.508. The zero-order chi connectivity index (χ0) is 11.7. The van der Waals surface area contributed by atoms with Gasteiger partial charge >= 0.3 is 6.03 Å². The van der Waals surface area contributed by atoms with Gasteiger partial charge in [0.05, 0.1) is 12.2 Å². The van der Waals surface area contributed by atoms with Crippen LogP contribution in [0.15, 0.2) is 18.2 Å². The average Bonchev–Trinajstić information content (AvgIpc) is 2.59. The van der Waals surface area contributed by atoms with Crippen molar-refractivity contribution in [2.75, 3.05) is 11.4 Å². The van der Waals surface area contributed by atoms with Gasteiger partial charge in [-0.3, -0.25) is 4.79 Å². The first-order valence-electron chi connectivity index (χ1n) is 4.72. The molecule has 0 spiro atoms. The number of imide groups is 1. The van der Waals surface area contributed by atoms with E-state index in [0.717, 1.165) is 4.90 Å². The molecule has 16 heavy (non-hydrogen) atoms. The molecule has 0 unspecified atom stereocenters. The smallest absolute Gasteiger partial charge is 0.328 e. The number of urea groups is 1. The summed E-state index contributed by atoms with van der Waals surface area (Å²) >= 11 is 0. The summed E-state index contributed by atoms with van der Waals surface area (Å²) in [6.07, 6.45) is 0. The lowest BCUT2D eigenvalue weighted by Crippen LogP contribution is -2.31. The van der Waals surface area contributed by atoms with Crippen molar-refractivity contribution < 1.29 is 14.0 Å². The van der Waals surface area contributed by atoms with Gasteiger partial charge in [0.25, 0.3) is 5.91 Å². The average molecular weight is 223 g/mol. The third-order valence-electron chi connectivity index (χ3n) is 2.35. The second-order valence-corrected chi connectivity index (χ2v) is 3.37. The summed E-state index contributed by atoms with van der Waals surface area (Å²) < 4.78 is 13.0. The second kappa shape index (κ2) is 3.90.